The highest BCUT2D eigenvalue weighted by molar-refractivity contribution is 6.10. The van der Waals surface area contributed by atoms with Crippen molar-refractivity contribution in [3.05, 3.63) is 78.6 Å². The van der Waals surface area contributed by atoms with Crippen molar-refractivity contribution in [3.63, 3.8) is 0 Å². The number of hydrogen-bond acceptors (Lipinski definition) is 3. The predicted octanol–water partition coefficient (Wildman–Crippen LogP) is 4.45. The zero-order valence-electron chi connectivity index (χ0n) is 14.7. The molecule has 128 valence electrons. The number of nitriles is 1. The molecule has 0 amide bonds. The van der Waals surface area contributed by atoms with Gasteiger partial charge >= 0.3 is 0 Å². The number of aryl methyl sites for hydroxylation is 1. The maximum Gasteiger partial charge on any atom is 0.252 e. The molecule has 0 saturated heterocycles. The van der Waals surface area contributed by atoms with Crippen molar-refractivity contribution in [3.8, 4) is 23.1 Å². The molecule has 0 atom stereocenters. The van der Waals surface area contributed by atoms with Crippen LogP contribution < -0.4 is 0 Å². The lowest BCUT2D eigenvalue weighted by molar-refractivity contribution is 0.770. The van der Waals surface area contributed by atoms with Crippen LogP contribution in [0.25, 0.3) is 38.9 Å². The number of nitrogens with zero attached hydrogens (tertiary/aromatic N) is 5. The number of hydrogen-bond donors (Lipinski definition) is 0. The molecule has 5 aromatic rings. The molecule has 27 heavy (non-hydrogen) atoms. The Labute approximate surface area is 155 Å². The Bertz CT molecular complexity index is 1340. The SMILES string of the molecule is Cn1nc(C#N)nc1-c1ccc2c(c1)c1ccccc1n2-c1ccccc1. The van der Waals surface area contributed by atoms with Crippen molar-refractivity contribution in [1.29, 1.82) is 5.26 Å². The summed E-state index contributed by atoms with van der Waals surface area (Å²) in [4.78, 5) is 4.33. The van der Waals surface area contributed by atoms with E-state index in [9.17, 15) is 0 Å². The Morgan fingerprint density at radius 3 is 2.37 bits per heavy atom. The largest absolute Gasteiger partial charge is 0.309 e. The van der Waals surface area contributed by atoms with Gasteiger partial charge in [0.05, 0.1) is 11.0 Å². The molecule has 0 radical (unpaired) electrons. The van der Waals surface area contributed by atoms with E-state index in [0.717, 1.165) is 27.7 Å². The molecule has 0 spiro atoms. The molecular formula is C22H15N5. The molecule has 3 aromatic carbocycles. The van der Waals surface area contributed by atoms with Gasteiger partial charge in [-0.3, -0.25) is 0 Å². The monoisotopic (exact) mass is 349 g/mol. The molecule has 2 aromatic heterocycles. The van der Waals surface area contributed by atoms with Crippen molar-refractivity contribution in [1.82, 2.24) is 19.3 Å². The van der Waals surface area contributed by atoms with E-state index >= 15 is 0 Å². The maximum absolute atomic E-state index is 9.07. The molecule has 5 heteroatoms. The maximum atomic E-state index is 9.07. The number of fused-ring (bicyclic) bond motifs is 3. The van der Waals surface area contributed by atoms with E-state index in [1.165, 1.54) is 5.39 Å². The minimum absolute atomic E-state index is 0.180. The molecule has 0 fully saturated rings. The summed E-state index contributed by atoms with van der Waals surface area (Å²) in [5, 5.41) is 15.5. The summed E-state index contributed by atoms with van der Waals surface area (Å²) < 4.78 is 3.92. The third-order valence-corrected chi connectivity index (χ3v) is 4.81. The van der Waals surface area contributed by atoms with Gasteiger partial charge in [0.2, 0.25) is 0 Å². The molecule has 5 rings (SSSR count). The van der Waals surface area contributed by atoms with E-state index in [-0.39, 0.29) is 5.82 Å². The second-order valence-electron chi connectivity index (χ2n) is 6.41. The molecule has 0 unspecified atom stereocenters. The van der Waals surface area contributed by atoms with Gasteiger partial charge in [-0.1, -0.05) is 36.4 Å². The molecule has 0 bridgehead atoms. The Hall–Kier alpha value is -3.91. The molecule has 2 heterocycles. The van der Waals surface area contributed by atoms with Crippen molar-refractivity contribution in [2.24, 2.45) is 7.05 Å². The fourth-order valence-corrected chi connectivity index (χ4v) is 3.65. The van der Waals surface area contributed by atoms with Gasteiger partial charge in [0.1, 0.15) is 6.07 Å². The first kappa shape index (κ1) is 15.4. The van der Waals surface area contributed by atoms with Crippen molar-refractivity contribution in [2.45, 2.75) is 0 Å². The van der Waals surface area contributed by atoms with E-state index in [1.54, 1.807) is 11.7 Å². The topological polar surface area (TPSA) is 59.4 Å². The first-order chi connectivity index (χ1) is 13.3. The summed E-state index contributed by atoms with van der Waals surface area (Å²) in [6.07, 6.45) is 0. The standard InChI is InChI=1S/C22H15N5/c1-26-22(24-21(14-23)25-26)15-11-12-20-18(13-15)17-9-5-6-10-19(17)27(20)16-7-3-2-4-8-16/h2-13H,1H3. The summed E-state index contributed by atoms with van der Waals surface area (Å²) >= 11 is 0. The molecule has 5 nitrogen and oxygen atoms in total. The van der Waals surface area contributed by atoms with Crippen molar-refractivity contribution < 1.29 is 0 Å². The first-order valence-corrected chi connectivity index (χ1v) is 8.66. The highest BCUT2D eigenvalue weighted by Crippen LogP contribution is 2.34. The summed E-state index contributed by atoms with van der Waals surface area (Å²) in [6, 6.07) is 27.0. The fourth-order valence-electron chi connectivity index (χ4n) is 3.65. The zero-order chi connectivity index (χ0) is 18.4. The van der Waals surface area contributed by atoms with Crippen LogP contribution in [0.4, 0.5) is 0 Å². The lowest BCUT2D eigenvalue weighted by Crippen LogP contribution is -1.95. The first-order valence-electron chi connectivity index (χ1n) is 8.66. The minimum atomic E-state index is 0.180. The van der Waals surface area contributed by atoms with Gasteiger partial charge in [-0.15, -0.1) is 5.10 Å². The van der Waals surface area contributed by atoms with Crippen molar-refractivity contribution >= 4 is 21.8 Å². The van der Waals surface area contributed by atoms with Gasteiger partial charge in [0, 0.05) is 29.1 Å². The van der Waals surface area contributed by atoms with Gasteiger partial charge in [-0.25, -0.2) is 4.68 Å². The summed E-state index contributed by atoms with van der Waals surface area (Å²) in [7, 11) is 1.81. The molecule has 0 saturated carbocycles. The lowest BCUT2D eigenvalue weighted by atomic mass is 10.1. The highest BCUT2D eigenvalue weighted by Gasteiger charge is 2.15. The Morgan fingerprint density at radius 2 is 1.59 bits per heavy atom. The Balaban J connectivity index is 1.83. The van der Waals surface area contributed by atoms with Crippen LogP contribution >= 0.6 is 0 Å². The van der Waals surface area contributed by atoms with Crippen LogP contribution in [0.2, 0.25) is 0 Å². The van der Waals surface area contributed by atoms with Crippen molar-refractivity contribution in [2.75, 3.05) is 0 Å². The predicted molar refractivity (Wildman–Crippen MR) is 105 cm³/mol. The van der Waals surface area contributed by atoms with Crippen LogP contribution in [0.5, 0.6) is 0 Å². The van der Waals surface area contributed by atoms with E-state index in [4.69, 9.17) is 5.26 Å². The molecular weight excluding hydrogens is 334 g/mol. The van der Waals surface area contributed by atoms with Gasteiger partial charge in [0.25, 0.3) is 5.82 Å². The number of rotatable bonds is 2. The Kier molecular flexibility index (Phi) is 3.31. The van der Waals surface area contributed by atoms with Gasteiger partial charge in [-0.05, 0) is 36.4 Å². The van der Waals surface area contributed by atoms with Crippen LogP contribution in [0.1, 0.15) is 5.82 Å². The number of aromatic nitrogens is 4. The van der Waals surface area contributed by atoms with Gasteiger partial charge < -0.3 is 4.57 Å². The van der Waals surface area contributed by atoms with Crippen LogP contribution in [0.15, 0.2) is 72.8 Å². The number of benzene rings is 3. The Morgan fingerprint density at radius 1 is 0.852 bits per heavy atom. The van der Waals surface area contributed by atoms with Crippen LogP contribution in [0.3, 0.4) is 0 Å². The summed E-state index contributed by atoms with van der Waals surface area (Å²) in [5.74, 6) is 0.865. The average molecular weight is 349 g/mol. The molecule has 0 aliphatic carbocycles. The summed E-state index contributed by atoms with van der Waals surface area (Å²) in [5.41, 5.74) is 4.36. The third-order valence-electron chi connectivity index (χ3n) is 4.81. The second-order valence-corrected chi connectivity index (χ2v) is 6.41. The van der Waals surface area contributed by atoms with E-state index < -0.39 is 0 Å². The van der Waals surface area contributed by atoms with E-state index in [0.29, 0.717) is 5.82 Å². The van der Waals surface area contributed by atoms with E-state index in [2.05, 4.69) is 63.2 Å². The van der Waals surface area contributed by atoms with Crippen LogP contribution in [-0.4, -0.2) is 19.3 Å². The molecule has 0 aliphatic heterocycles. The highest BCUT2D eigenvalue weighted by atomic mass is 15.3. The molecule has 0 N–H and O–H groups in total. The van der Waals surface area contributed by atoms with Crippen LogP contribution in [0, 0.1) is 11.3 Å². The van der Waals surface area contributed by atoms with Crippen LogP contribution in [-0.2, 0) is 7.05 Å². The smallest absolute Gasteiger partial charge is 0.252 e. The lowest BCUT2D eigenvalue weighted by Gasteiger charge is -2.07. The quantitative estimate of drug-likeness (QED) is 0.473. The van der Waals surface area contributed by atoms with Gasteiger partial charge in [0.15, 0.2) is 5.82 Å². The third kappa shape index (κ3) is 2.31. The fraction of sp³-hybridized carbons (Fsp3) is 0.0455. The normalized spacial score (nSPS) is 11.1. The summed E-state index contributed by atoms with van der Waals surface area (Å²) in [6.45, 7) is 0. The van der Waals surface area contributed by atoms with E-state index in [1.807, 2.05) is 30.3 Å². The zero-order valence-corrected chi connectivity index (χ0v) is 14.7. The average Bonchev–Trinajstić information content (AvgIpc) is 3.26. The number of para-hydroxylation sites is 2. The minimum Gasteiger partial charge on any atom is -0.309 e. The van der Waals surface area contributed by atoms with Gasteiger partial charge in [-0.2, -0.15) is 10.2 Å². The molecule has 0 aliphatic rings. The second kappa shape index (κ2) is 5.82.